The van der Waals surface area contributed by atoms with Gasteiger partial charge >= 0.3 is 0 Å². The van der Waals surface area contributed by atoms with E-state index in [1.54, 1.807) is 0 Å². The van der Waals surface area contributed by atoms with Gasteiger partial charge in [-0.25, -0.2) is 0 Å². The minimum atomic E-state index is -0.347. The molecule has 1 unspecified atom stereocenters. The summed E-state index contributed by atoms with van der Waals surface area (Å²) in [7, 11) is 0. The number of hydrogen-bond donors (Lipinski definition) is 0. The second kappa shape index (κ2) is 9.09. The maximum absolute atomic E-state index is 12.6. The van der Waals surface area contributed by atoms with Crippen LogP contribution in [0.15, 0.2) is 36.4 Å². The van der Waals surface area contributed by atoms with Crippen LogP contribution >= 0.6 is 0 Å². The van der Waals surface area contributed by atoms with Crippen LogP contribution in [0.25, 0.3) is 6.08 Å². The number of benzene rings is 1. The second-order valence-electron chi connectivity index (χ2n) is 8.20. The standard InChI is InChI=1S/C23H30N2O4/c26-21-10-17-29-23(18-25(21)13-4-8-19-6-2-1-3-7-19)11-14-24(15-12-23)22(27)20-9-5-16-28-20/h1-4,6-8,20H,5,9-18H2. The van der Waals surface area contributed by atoms with Crippen LogP contribution in [-0.4, -0.2) is 72.7 Å². The van der Waals surface area contributed by atoms with Crippen molar-refractivity contribution in [2.24, 2.45) is 0 Å². The monoisotopic (exact) mass is 398 g/mol. The highest BCUT2D eigenvalue weighted by atomic mass is 16.5. The molecule has 2 amide bonds. The van der Waals surface area contributed by atoms with Gasteiger partial charge in [-0.3, -0.25) is 9.59 Å². The number of hydrogen-bond acceptors (Lipinski definition) is 4. The number of carbonyl (C=O) groups is 2. The van der Waals surface area contributed by atoms with Crippen LogP contribution in [0.4, 0.5) is 0 Å². The average Bonchev–Trinajstić information content (AvgIpc) is 3.24. The van der Waals surface area contributed by atoms with Crippen LogP contribution in [0.3, 0.4) is 0 Å². The van der Waals surface area contributed by atoms with Crippen LogP contribution in [0.2, 0.25) is 0 Å². The Hall–Kier alpha value is -2.18. The third-order valence-electron chi connectivity index (χ3n) is 6.18. The van der Waals surface area contributed by atoms with Gasteiger partial charge in [0.15, 0.2) is 0 Å². The van der Waals surface area contributed by atoms with Gasteiger partial charge in [-0.05, 0) is 31.2 Å². The molecule has 0 N–H and O–H groups in total. The van der Waals surface area contributed by atoms with Crippen LogP contribution in [0.5, 0.6) is 0 Å². The van der Waals surface area contributed by atoms with E-state index in [2.05, 4.69) is 6.08 Å². The lowest BCUT2D eigenvalue weighted by Gasteiger charge is -2.43. The van der Waals surface area contributed by atoms with E-state index < -0.39 is 0 Å². The summed E-state index contributed by atoms with van der Waals surface area (Å²) in [5.41, 5.74) is 0.779. The smallest absolute Gasteiger partial charge is 0.251 e. The molecule has 3 aliphatic rings. The largest absolute Gasteiger partial charge is 0.372 e. The molecule has 156 valence electrons. The fraction of sp³-hybridized carbons (Fsp3) is 0.565. The second-order valence-corrected chi connectivity index (χ2v) is 8.20. The first-order valence-corrected chi connectivity index (χ1v) is 10.7. The minimum absolute atomic E-state index is 0.115. The summed E-state index contributed by atoms with van der Waals surface area (Å²) < 4.78 is 11.7. The van der Waals surface area contributed by atoms with Crippen molar-refractivity contribution in [2.75, 3.05) is 39.4 Å². The maximum Gasteiger partial charge on any atom is 0.251 e. The van der Waals surface area contributed by atoms with Gasteiger partial charge in [-0.15, -0.1) is 0 Å². The fourth-order valence-corrected chi connectivity index (χ4v) is 4.45. The zero-order valence-electron chi connectivity index (χ0n) is 16.9. The highest BCUT2D eigenvalue weighted by molar-refractivity contribution is 5.81. The molecule has 1 spiro atoms. The van der Waals surface area contributed by atoms with Crippen LogP contribution in [0, 0.1) is 0 Å². The molecular formula is C23H30N2O4. The van der Waals surface area contributed by atoms with Gasteiger partial charge in [0, 0.05) is 26.2 Å². The molecule has 1 aromatic carbocycles. The van der Waals surface area contributed by atoms with Crippen molar-refractivity contribution in [3.63, 3.8) is 0 Å². The Balaban J connectivity index is 1.35. The van der Waals surface area contributed by atoms with Crippen molar-refractivity contribution in [3.05, 3.63) is 42.0 Å². The molecule has 3 saturated heterocycles. The fourth-order valence-electron chi connectivity index (χ4n) is 4.45. The third-order valence-corrected chi connectivity index (χ3v) is 6.18. The van der Waals surface area contributed by atoms with Crippen molar-refractivity contribution < 1.29 is 19.1 Å². The zero-order chi connectivity index (χ0) is 20.1. The van der Waals surface area contributed by atoms with Gasteiger partial charge in [0.05, 0.1) is 25.2 Å². The maximum atomic E-state index is 12.6. The minimum Gasteiger partial charge on any atom is -0.372 e. The Labute approximate surface area is 172 Å². The van der Waals surface area contributed by atoms with Crippen molar-refractivity contribution in [2.45, 2.75) is 43.8 Å². The quantitative estimate of drug-likeness (QED) is 0.782. The van der Waals surface area contributed by atoms with E-state index >= 15 is 0 Å². The Morgan fingerprint density at radius 1 is 1.17 bits per heavy atom. The first-order chi connectivity index (χ1) is 14.2. The van der Waals surface area contributed by atoms with E-state index in [4.69, 9.17) is 9.47 Å². The van der Waals surface area contributed by atoms with E-state index in [0.717, 1.165) is 31.2 Å². The van der Waals surface area contributed by atoms with E-state index in [-0.39, 0.29) is 23.5 Å². The van der Waals surface area contributed by atoms with Crippen molar-refractivity contribution in [1.82, 2.24) is 9.80 Å². The van der Waals surface area contributed by atoms with Gasteiger partial charge in [0.25, 0.3) is 5.91 Å². The molecule has 0 radical (unpaired) electrons. The number of rotatable bonds is 4. The molecule has 3 fully saturated rings. The molecule has 6 heteroatoms. The molecule has 1 aromatic rings. The van der Waals surface area contributed by atoms with E-state index in [1.807, 2.05) is 46.2 Å². The Morgan fingerprint density at radius 2 is 1.97 bits per heavy atom. The van der Waals surface area contributed by atoms with Crippen molar-refractivity contribution in [1.29, 1.82) is 0 Å². The first-order valence-electron chi connectivity index (χ1n) is 10.7. The summed E-state index contributed by atoms with van der Waals surface area (Å²) in [5.74, 6) is 0.252. The molecule has 4 rings (SSSR count). The molecule has 0 aromatic heterocycles. The van der Waals surface area contributed by atoms with Crippen LogP contribution in [-0.2, 0) is 19.1 Å². The van der Waals surface area contributed by atoms with Crippen LogP contribution < -0.4 is 0 Å². The van der Waals surface area contributed by atoms with Gasteiger partial charge in [-0.2, -0.15) is 0 Å². The van der Waals surface area contributed by atoms with E-state index in [0.29, 0.717) is 45.8 Å². The SMILES string of the molecule is O=C1CCOC2(CCN(C(=O)C3CCCO3)CC2)CN1CC=Cc1ccccc1. The van der Waals surface area contributed by atoms with Gasteiger partial charge in [0.1, 0.15) is 6.10 Å². The summed E-state index contributed by atoms with van der Waals surface area (Å²) in [5, 5.41) is 0. The molecule has 3 heterocycles. The third kappa shape index (κ3) is 4.87. The number of ether oxygens (including phenoxy) is 2. The van der Waals surface area contributed by atoms with Crippen LogP contribution in [0.1, 0.15) is 37.7 Å². The lowest BCUT2D eigenvalue weighted by atomic mass is 9.90. The lowest BCUT2D eigenvalue weighted by Crippen LogP contribution is -2.54. The summed E-state index contributed by atoms with van der Waals surface area (Å²) >= 11 is 0. The predicted molar refractivity (Wildman–Crippen MR) is 110 cm³/mol. The van der Waals surface area contributed by atoms with Gasteiger partial charge in [0.2, 0.25) is 5.91 Å². The molecule has 3 aliphatic heterocycles. The van der Waals surface area contributed by atoms with E-state index in [9.17, 15) is 9.59 Å². The molecule has 0 saturated carbocycles. The number of likely N-dealkylation sites (tertiary alicyclic amines) is 1. The summed E-state index contributed by atoms with van der Waals surface area (Å²) in [4.78, 5) is 29.0. The topological polar surface area (TPSA) is 59.1 Å². The normalized spacial score (nSPS) is 25.0. The number of nitrogens with zero attached hydrogens (tertiary/aromatic N) is 2. The molecule has 1 atom stereocenters. The number of carbonyl (C=O) groups excluding carboxylic acids is 2. The zero-order valence-corrected chi connectivity index (χ0v) is 16.9. The highest BCUT2D eigenvalue weighted by Crippen LogP contribution is 2.31. The number of piperidine rings is 1. The molecular weight excluding hydrogens is 368 g/mol. The van der Waals surface area contributed by atoms with Crippen molar-refractivity contribution in [3.8, 4) is 0 Å². The summed E-state index contributed by atoms with van der Waals surface area (Å²) in [6, 6.07) is 10.1. The lowest BCUT2D eigenvalue weighted by molar-refractivity contribution is -0.148. The predicted octanol–water partition coefficient (Wildman–Crippen LogP) is 2.49. The highest BCUT2D eigenvalue weighted by Gasteiger charge is 2.42. The van der Waals surface area contributed by atoms with Gasteiger partial charge < -0.3 is 19.3 Å². The molecule has 0 aliphatic carbocycles. The van der Waals surface area contributed by atoms with Crippen molar-refractivity contribution >= 4 is 17.9 Å². The molecule has 0 bridgehead atoms. The average molecular weight is 399 g/mol. The summed E-state index contributed by atoms with van der Waals surface area (Å²) in [6.45, 7) is 3.65. The molecule has 6 nitrogen and oxygen atoms in total. The Morgan fingerprint density at radius 3 is 2.69 bits per heavy atom. The van der Waals surface area contributed by atoms with E-state index in [1.165, 1.54) is 0 Å². The first kappa shape index (κ1) is 20.1. The number of amides is 2. The van der Waals surface area contributed by atoms with Gasteiger partial charge in [-0.1, -0.05) is 42.5 Å². The molecule has 29 heavy (non-hydrogen) atoms. The Bertz CT molecular complexity index is 735. The summed E-state index contributed by atoms with van der Waals surface area (Å²) in [6.07, 6.45) is 7.56. The Kier molecular flexibility index (Phi) is 6.31.